The Morgan fingerprint density at radius 3 is 0.862 bits per heavy atom. The van der Waals surface area contributed by atoms with Crippen LogP contribution in [0.2, 0.25) is 0 Å². The second-order valence-corrected chi connectivity index (χ2v) is 28.1. The van der Waals surface area contributed by atoms with Gasteiger partial charge in [0.1, 0.15) is 19.3 Å². The smallest absolute Gasteiger partial charge is 0.462 e. The van der Waals surface area contributed by atoms with Gasteiger partial charge in [0, 0.05) is 25.7 Å². The Balaban J connectivity index is 5.31. The quantitative estimate of drug-likeness (QED) is 0.0169. The number of hydrogen-bond acceptors (Lipinski definition) is 15. The van der Waals surface area contributed by atoms with Crippen molar-refractivity contribution in [3.8, 4) is 0 Å². The molecule has 0 aromatic carbocycles. The number of aliphatic hydroxyl groups excluding tert-OH is 1. The first-order chi connectivity index (χ1) is 45.7. The molecule has 5 atom stereocenters. The maximum absolute atomic E-state index is 13.0. The topological polar surface area (TPSA) is 237 Å². The summed E-state index contributed by atoms with van der Waals surface area (Å²) in [6.07, 6.45) is 65.0. The maximum Gasteiger partial charge on any atom is 0.472 e. The molecule has 0 amide bonds. The zero-order chi connectivity index (χ0) is 69.0. The van der Waals surface area contributed by atoms with E-state index in [0.717, 1.165) is 161 Å². The van der Waals surface area contributed by atoms with Gasteiger partial charge in [0.2, 0.25) is 0 Å². The molecule has 94 heavy (non-hydrogen) atoms. The number of allylic oxidation sites excluding steroid dienone is 10. The highest BCUT2D eigenvalue weighted by molar-refractivity contribution is 7.47. The van der Waals surface area contributed by atoms with Gasteiger partial charge in [0.25, 0.3) is 0 Å². The number of aliphatic hydroxyl groups is 1. The average molecular weight is 1370 g/mol. The zero-order valence-electron chi connectivity index (χ0n) is 59.6. The van der Waals surface area contributed by atoms with Gasteiger partial charge in [0.05, 0.1) is 26.4 Å². The molecule has 0 aromatic heterocycles. The third-order valence-electron chi connectivity index (χ3n) is 15.9. The molecule has 0 aliphatic carbocycles. The highest BCUT2D eigenvalue weighted by atomic mass is 31.2. The standard InChI is InChI=1S/C75H136O17P2/c1-5-9-13-17-21-25-29-32-34-37-40-43-47-51-55-59-72(77)85-65-70(91-74(79)61-57-53-49-45-39-28-24-20-16-12-8-4)67-89-93(81,82)87-63-69(76)64-88-94(83,84)90-68-71(92-75(80)62-58-54-50-46-42-36-31-27-23-19-15-11-7-3)66-86-73(78)60-56-52-48-44-41-38-35-33-30-26-22-18-14-10-6-2/h20,22,24,26-27,31-35,69-71,76H,5-19,21,23,25,28-30,36-68H2,1-4H3,(H,81,82)(H,83,84)/b24-20-,26-22-,31-27-,34-32-,35-33-. The third kappa shape index (κ3) is 67.3. The summed E-state index contributed by atoms with van der Waals surface area (Å²) < 4.78 is 68.3. The second kappa shape index (κ2) is 68.3. The lowest BCUT2D eigenvalue weighted by atomic mass is 10.1. The molecule has 0 aliphatic rings. The molecule has 548 valence electrons. The molecule has 0 saturated carbocycles. The third-order valence-corrected chi connectivity index (χ3v) is 17.8. The fraction of sp³-hybridized carbons (Fsp3) is 0.813. The Hall–Kier alpha value is -3.24. The number of phosphoric ester groups is 2. The van der Waals surface area contributed by atoms with Gasteiger partial charge in [-0.05, 0) is 128 Å². The van der Waals surface area contributed by atoms with E-state index in [0.29, 0.717) is 25.7 Å². The molecule has 0 bridgehead atoms. The first-order valence-corrected chi connectivity index (χ1v) is 40.5. The fourth-order valence-corrected chi connectivity index (χ4v) is 11.7. The van der Waals surface area contributed by atoms with Crippen LogP contribution < -0.4 is 0 Å². The van der Waals surface area contributed by atoms with E-state index in [1.165, 1.54) is 96.3 Å². The molecule has 0 heterocycles. The number of carbonyl (C=O) groups excluding carboxylic acids is 4. The van der Waals surface area contributed by atoms with E-state index in [9.17, 15) is 43.2 Å². The van der Waals surface area contributed by atoms with E-state index in [-0.39, 0.29) is 25.7 Å². The molecule has 0 saturated heterocycles. The van der Waals surface area contributed by atoms with Crippen LogP contribution in [0.1, 0.15) is 336 Å². The summed E-state index contributed by atoms with van der Waals surface area (Å²) in [6, 6.07) is 0. The van der Waals surface area contributed by atoms with Crippen molar-refractivity contribution in [2.45, 2.75) is 354 Å². The largest absolute Gasteiger partial charge is 0.472 e. The fourth-order valence-electron chi connectivity index (χ4n) is 10.1. The van der Waals surface area contributed by atoms with Crippen LogP contribution in [0, 0.1) is 0 Å². The van der Waals surface area contributed by atoms with Gasteiger partial charge in [-0.1, -0.05) is 243 Å². The van der Waals surface area contributed by atoms with Gasteiger partial charge in [-0.25, -0.2) is 9.13 Å². The summed E-state index contributed by atoms with van der Waals surface area (Å²) in [7, 11) is -9.94. The van der Waals surface area contributed by atoms with Gasteiger partial charge in [-0.2, -0.15) is 0 Å². The number of unbranched alkanes of at least 4 members (excludes halogenated alkanes) is 35. The molecule has 3 N–H and O–H groups in total. The van der Waals surface area contributed by atoms with E-state index >= 15 is 0 Å². The Labute approximate surface area is 571 Å². The maximum atomic E-state index is 13.0. The van der Waals surface area contributed by atoms with Crippen molar-refractivity contribution in [3.05, 3.63) is 60.8 Å². The molecule has 0 aromatic rings. The average Bonchev–Trinajstić information content (AvgIpc) is 2.22. The Morgan fingerprint density at radius 1 is 0.298 bits per heavy atom. The summed E-state index contributed by atoms with van der Waals surface area (Å²) >= 11 is 0. The highest BCUT2D eigenvalue weighted by Crippen LogP contribution is 2.45. The van der Waals surface area contributed by atoms with E-state index in [1.54, 1.807) is 0 Å². The van der Waals surface area contributed by atoms with Crippen LogP contribution in [0.3, 0.4) is 0 Å². The number of phosphoric acid groups is 2. The van der Waals surface area contributed by atoms with Crippen LogP contribution in [0.25, 0.3) is 0 Å². The molecular formula is C75H136O17P2. The summed E-state index contributed by atoms with van der Waals surface area (Å²) in [5.74, 6) is -2.20. The van der Waals surface area contributed by atoms with Crippen molar-refractivity contribution >= 4 is 39.5 Å². The first kappa shape index (κ1) is 90.8. The van der Waals surface area contributed by atoms with Crippen LogP contribution in [-0.2, 0) is 65.4 Å². The Morgan fingerprint density at radius 2 is 0.532 bits per heavy atom. The zero-order valence-corrected chi connectivity index (χ0v) is 61.4. The lowest BCUT2D eigenvalue weighted by Crippen LogP contribution is -2.30. The van der Waals surface area contributed by atoms with Crippen molar-refractivity contribution in [3.63, 3.8) is 0 Å². The van der Waals surface area contributed by atoms with Gasteiger partial charge in [-0.3, -0.25) is 37.3 Å². The number of ether oxygens (including phenoxy) is 4. The highest BCUT2D eigenvalue weighted by Gasteiger charge is 2.30. The predicted octanol–water partition coefficient (Wildman–Crippen LogP) is 21.1. The molecule has 0 aliphatic heterocycles. The van der Waals surface area contributed by atoms with Crippen molar-refractivity contribution in [2.75, 3.05) is 39.6 Å². The lowest BCUT2D eigenvalue weighted by molar-refractivity contribution is -0.161. The molecule has 0 rings (SSSR count). The molecule has 0 radical (unpaired) electrons. The predicted molar refractivity (Wildman–Crippen MR) is 381 cm³/mol. The van der Waals surface area contributed by atoms with Crippen LogP contribution >= 0.6 is 15.6 Å². The number of rotatable bonds is 71. The second-order valence-electron chi connectivity index (χ2n) is 25.2. The van der Waals surface area contributed by atoms with Crippen molar-refractivity contribution in [1.82, 2.24) is 0 Å². The van der Waals surface area contributed by atoms with E-state index in [1.807, 2.05) is 0 Å². The van der Waals surface area contributed by atoms with Crippen LogP contribution in [0.5, 0.6) is 0 Å². The molecule has 17 nitrogen and oxygen atoms in total. The van der Waals surface area contributed by atoms with Crippen molar-refractivity contribution < 1.29 is 80.2 Å². The van der Waals surface area contributed by atoms with Gasteiger partial charge < -0.3 is 33.8 Å². The number of esters is 4. The summed E-state index contributed by atoms with van der Waals surface area (Å²) in [6.45, 7) is 4.78. The molecule has 19 heteroatoms. The van der Waals surface area contributed by atoms with Crippen LogP contribution in [0.4, 0.5) is 0 Å². The first-order valence-electron chi connectivity index (χ1n) is 37.5. The summed E-state index contributed by atoms with van der Waals surface area (Å²) in [4.78, 5) is 72.7. The molecular weight excluding hydrogens is 1230 g/mol. The van der Waals surface area contributed by atoms with Crippen molar-refractivity contribution in [1.29, 1.82) is 0 Å². The minimum atomic E-state index is -4.97. The van der Waals surface area contributed by atoms with Crippen molar-refractivity contribution in [2.24, 2.45) is 0 Å². The Kier molecular flexibility index (Phi) is 65.9. The minimum absolute atomic E-state index is 0.0849. The van der Waals surface area contributed by atoms with Crippen LogP contribution in [-0.4, -0.2) is 96.7 Å². The minimum Gasteiger partial charge on any atom is -0.462 e. The lowest BCUT2D eigenvalue weighted by Gasteiger charge is -2.21. The summed E-state index contributed by atoms with van der Waals surface area (Å²) in [5, 5.41) is 10.6. The molecule has 0 fully saturated rings. The Bertz CT molecular complexity index is 2030. The monoisotopic (exact) mass is 1370 g/mol. The molecule has 5 unspecified atom stereocenters. The normalized spacial score (nSPS) is 14.3. The SMILES string of the molecule is CCCC/C=C\CCCCCCCC(=O)OC(COC(=O)CCCCCCC/C=C\CCCCCCCC)COP(=O)(O)OCC(O)COP(=O)(O)OCC(COC(=O)CCCCCCC/C=C\C/C=C\CCCCC)OC(=O)CCCCCCC/C=C\CCCCCC. The number of carbonyl (C=O) groups is 4. The van der Waals surface area contributed by atoms with E-state index in [2.05, 4.69) is 88.5 Å². The summed E-state index contributed by atoms with van der Waals surface area (Å²) in [5.41, 5.74) is 0. The van der Waals surface area contributed by atoms with Gasteiger partial charge in [-0.15, -0.1) is 0 Å². The van der Waals surface area contributed by atoms with E-state index < -0.39 is 97.5 Å². The van der Waals surface area contributed by atoms with E-state index in [4.69, 9.17) is 37.0 Å². The molecule has 0 spiro atoms. The number of hydrogen-bond donors (Lipinski definition) is 3. The van der Waals surface area contributed by atoms with Crippen LogP contribution in [0.15, 0.2) is 60.8 Å². The van der Waals surface area contributed by atoms with Gasteiger partial charge >= 0.3 is 39.5 Å². The van der Waals surface area contributed by atoms with Gasteiger partial charge in [0.15, 0.2) is 12.2 Å².